The first kappa shape index (κ1) is 10.2. The lowest BCUT2D eigenvalue weighted by atomic mass is 10.7. The minimum Gasteiger partial charge on any atom is -0.310 e. The van der Waals surface area contributed by atoms with E-state index in [1.165, 1.54) is 31.2 Å². The zero-order valence-corrected chi connectivity index (χ0v) is 9.69. The summed E-state index contributed by atoms with van der Waals surface area (Å²) in [5.41, 5.74) is 0. The molecule has 1 aliphatic rings. The Hall–Kier alpha value is 0.137. The van der Waals surface area contributed by atoms with E-state index >= 15 is 0 Å². The summed E-state index contributed by atoms with van der Waals surface area (Å²) >= 11 is 0. The lowest BCUT2D eigenvalue weighted by Crippen LogP contribution is -2.51. The van der Waals surface area contributed by atoms with Gasteiger partial charge in [-0.05, 0) is 18.1 Å². The second-order valence-corrected chi connectivity index (χ2v) is 8.91. The maximum Gasteiger partial charge on any atom is 0.128 e. The molecule has 3 heteroatoms. The van der Waals surface area contributed by atoms with E-state index in [0.29, 0.717) is 0 Å². The van der Waals surface area contributed by atoms with E-state index in [4.69, 9.17) is 0 Å². The van der Waals surface area contributed by atoms with Gasteiger partial charge in [0.25, 0.3) is 0 Å². The van der Waals surface area contributed by atoms with Gasteiger partial charge in [0.05, 0.1) is 0 Å². The van der Waals surface area contributed by atoms with Crippen LogP contribution in [-0.2, 0) is 0 Å². The van der Waals surface area contributed by atoms with Crippen LogP contribution >= 0.6 is 0 Å². The summed E-state index contributed by atoms with van der Waals surface area (Å²) in [4.78, 5) is 0. The number of hydrogen-bond donors (Lipinski definition) is 1. The molecule has 1 aliphatic heterocycles. The molecule has 1 rings (SSSR count). The predicted molar refractivity (Wildman–Crippen MR) is 56.8 cm³/mol. The molecule has 0 aromatic heterocycles. The lowest BCUT2D eigenvalue weighted by molar-refractivity contribution is 0.499. The Labute approximate surface area is 77.4 Å². The second-order valence-electron chi connectivity index (χ2n) is 3.71. The molecule has 0 radical (unpaired) electrons. The van der Waals surface area contributed by atoms with Gasteiger partial charge in [0.1, 0.15) is 8.24 Å². The third-order valence-corrected chi connectivity index (χ3v) is 9.18. The van der Waals surface area contributed by atoms with Crippen molar-refractivity contribution >= 4 is 8.24 Å². The number of nitrogens with zero attached hydrogens (tertiary/aromatic N) is 1. The maximum absolute atomic E-state index is 3.44. The molecule has 0 atom stereocenters. The normalized spacial score (nSPS) is 20.2. The molecule has 0 bridgehead atoms. The fraction of sp³-hybridized carbons (Fsp3) is 1.00. The molecular formula is C9H22N2Si. The first-order valence-electron chi connectivity index (χ1n) is 5.25. The summed E-state index contributed by atoms with van der Waals surface area (Å²) < 4.78 is 2.74. The molecule has 0 unspecified atom stereocenters. The van der Waals surface area contributed by atoms with Gasteiger partial charge in [0.15, 0.2) is 0 Å². The fourth-order valence-corrected chi connectivity index (χ4v) is 6.21. The Balaban J connectivity index is 2.61. The highest BCUT2D eigenvalue weighted by molar-refractivity contribution is 6.77. The van der Waals surface area contributed by atoms with Crippen LogP contribution in [0.5, 0.6) is 0 Å². The Morgan fingerprint density at radius 3 is 2.08 bits per heavy atom. The molecule has 0 aromatic carbocycles. The predicted octanol–water partition coefficient (Wildman–Crippen LogP) is 1.85. The smallest absolute Gasteiger partial charge is 0.128 e. The van der Waals surface area contributed by atoms with E-state index in [2.05, 4.69) is 30.7 Å². The Morgan fingerprint density at radius 2 is 1.75 bits per heavy atom. The molecule has 1 heterocycles. The Kier molecular flexibility index (Phi) is 3.74. The van der Waals surface area contributed by atoms with Crippen molar-refractivity contribution in [2.24, 2.45) is 0 Å². The molecule has 0 saturated carbocycles. The molecule has 12 heavy (non-hydrogen) atoms. The summed E-state index contributed by atoms with van der Waals surface area (Å²) in [7, 11) is -1.01. The summed E-state index contributed by atoms with van der Waals surface area (Å²) in [5, 5.41) is 3.44. The summed E-state index contributed by atoms with van der Waals surface area (Å²) in [5.74, 6) is 0. The highest BCUT2D eigenvalue weighted by Gasteiger charge is 2.35. The van der Waals surface area contributed by atoms with E-state index in [9.17, 15) is 0 Å². The van der Waals surface area contributed by atoms with Crippen molar-refractivity contribution in [3.05, 3.63) is 0 Å². The lowest BCUT2D eigenvalue weighted by Gasteiger charge is -2.37. The average molecular weight is 186 g/mol. The zero-order chi connectivity index (χ0) is 9.03. The Morgan fingerprint density at radius 1 is 1.17 bits per heavy atom. The van der Waals surface area contributed by atoms with Crippen molar-refractivity contribution in [3.63, 3.8) is 0 Å². The molecule has 1 fully saturated rings. The number of nitrogens with one attached hydrogen (secondary N) is 1. The molecular weight excluding hydrogens is 164 g/mol. The van der Waals surface area contributed by atoms with E-state index in [1.807, 2.05) is 0 Å². The van der Waals surface area contributed by atoms with Crippen LogP contribution in [0.3, 0.4) is 0 Å². The molecule has 2 nitrogen and oxygen atoms in total. The van der Waals surface area contributed by atoms with Crippen molar-refractivity contribution in [1.82, 2.24) is 9.88 Å². The maximum atomic E-state index is 3.44. The summed E-state index contributed by atoms with van der Waals surface area (Å²) in [6.07, 6.45) is 0. The third kappa shape index (κ3) is 1.73. The molecule has 0 spiro atoms. The quantitative estimate of drug-likeness (QED) is 0.674. The van der Waals surface area contributed by atoms with Crippen LogP contribution in [0.4, 0.5) is 0 Å². The topological polar surface area (TPSA) is 15.3 Å². The van der Waals surface area contributed by atoms with Crippen LogP contribution in [0.25, 0.3) is 0 Å². The SMILES string of the molecule is CC[Si](CC)(CC)N1CCNC1. The van der Waals surface area contributed by atoms with Gasteiger partial charge < -0.3 is 9.88 Å². The monoisotopic (exact) mass is 186 g/mol. The highest BCUT2D eigenvalue weighted by Crippen LogP contribution is 2.24. The first-order valence-corrected chi connectivity index (χ1v) is 7.81. The Bertz CT molecular complexity index is 120. The second kappa shape index (κ2) is 4.39. The summed E-state index contributed by atoms with van der Waals surface area (Å²) in [6, 6.07) is 4.26. The van der Waals surface area contributed by atoms with Gasteiger partial charge >= 0.3 is 0 Å². The van der Waals surface area contributed by atoms with Crippen LogP contribution in [-0.4, -0.2) is 32.6 Å². The van der Waals surface area contributed by atoms with Crippen molar-refractivity contribution in [2.75, 3.05) is 19.8 Å². The van der Waals surface area contributed by atoms with Crippen molar-refractivity contribution < 1.29 is 0 Å². The third-order valence-electron chi connectivity index (χ3n) is 3.51. The van der Waals surface area contributed by atoms with Crippen LogP contribution in [0, 0.1) is 0 Å². The minimum atomic E-state index is -1.01. The van der Waals surface area contributed by atoms with Gasteiger partial charge in [-0.25, -0.2) is 0 Å². The van der Waals surface area contributed by atoms with E-state index in [1.54, 1.807) is 0 Å². The van der Waals surface area contributed by atoms with Crippen molar-refractivity contribution in [1.29, 1.82) is 0 Å². The first-order chi connectivity index (χ1) is 5.79. The minimum absolute atomic E-state index is 1.01. The van der Waals surface area contributed by atoms with E-state index < -0.39 is 8.24 Å². The van der Waals surface area contributed by atoms with Crippen LogP contribution in [0.1, 0.15) is 20.8 Å². The number of hydrogen-bond acceptors (Lipinski definition) is 2. The van der Waals surface area contributed by atoms with Gasteiger partial charge in [0.2, 0.25) is 0 Å². The molecule has 0 aromatic rings. The molecule has 1 N–H and O–H groups in total. The van der Waals surface area contributed by atoms with Crippen LogP contribution < -0.4 is 5.32 Å². The van der Waals surface area contributed by atoms with E-state index in [-0.39, 0.29) is 0 Å². The van der Waals surface area contributed by atoms with Crippen molar-refractivity contribution in [2.45, 2.75) is 38.9 Å². The molecule has 0 aliphatic carbocycles. The van der Waals surface area contributed by atoms with Crippen LogP contribution in [0.15, 0.2) is 0 Å². The van der Waals surface area contributed by atoms with Gasteiger partial charge in [-0.2, -0.15) is 0 Å². The van der Waals surface area contributed by atoms with E-state index in [0.717, 1.165) is 6.67 Å². The standard InChI is InChI=1S/C9H22N2Si/c1-4-12(5-2,6-3)11-8-7-10-9-11/h10H,4-9H2,1-3H3. The zero-order valence-electron chi connectivity index (χ0n) is 8.69. The van der Waals surface area contributed by atoms with Gasteiger partial charge in [0, 0.05) is 19.8 Å². The fourth-order valence-electron chi connectivity index (χ4n) is 2.33. The highest BCUT2D eigenvalue weighted by atomic mass is 28.3. The average Bonchev–Trinajstić information content (AvgIpc) is 2.62. The van der Waals surface area contributed by atoms with Crippen molar-refractivity contribution in [3.8, 4) is 0 Å². The van der Waals surface area contributed by atoms with Gasteiger partial charge in [-0.1, -0.05) is 20.8 Å². The summed E-state index contributed by atoms with van der Waals surface area (Å²) in [6.45, 7) is 10.8. The largest absolute Gasteiger partial charge is 0.310 e. The molecule has 0 amide bonds. The van der Waals surface area contributed by atoms with Crippen LogP contribution in [0.2, 0.25) is 18.1 Å². The molecule has 1 saturated heterocycles. The van der Waals surface area contributed by atoms with Gasteiger partial charge in [-0.3, -0.25) is 0 Å². The molecule has 72 valence electrons. The number of rotatable bonds is 4. The van der Waals surface area contributed by atoms with Gasteiger partial charge in [-0.15, -0.1) is 0 Å².